The van der Waals surface area contributed by atoms with E-state index in [1.807, 2.05) is 36.0 Å². The van der Waals surface area contributed by atoms with Crippen LogP contribution in [0, 0.1) is 0 Å². The van der Waals surface area contributed by atoms with E-state index in [2.05, 4.69) is 6.07 Å². The van der Waals surface area contributed by atoms with Crippen LogP contribution in [-0.4, -0.2) is 11.5 Å². The zero-order chi connectivity index (χ0) is 13.2. The number of thioether (sulfide) groups is 1. The number of aryl methyl sites for hydroxylation is 1. The van der Waals surface area contributed by atoms with Gasteiger partial charge in [-0.25, -0.2) is 0 Å². The largest absolute Gasteiger partial charge is 0.293 e. The average molecular weight is 309 g/mol. The minimum absolute atomic E-state index is 0.201. The number of ketones is 1. The number of halogens is 1. The van der Waals surface area contributed by atoms with E-state index >= 15 is 0 Å². The smallest absolute Gasteiger partial charge is 0.177 e. The first-order chi connectivity index (χ1) is 9.22. The van der Waals surface area contributed by atoms with Crippen LogP contribution in [0.1, 0.15) is 25.7 Å². The number of carbonyl (C=O) groups excluding carboxylic acids is 1. The van der Waals surface area contributed by atoms with Crippen molar-refractivity contribution in [1.82, 2.24) is 0 Å². The highest BCUT2D eigenvalue weighted by molar-refractivity contribution is 7.98. The zero-order valence-electron chi connectivity index (χ0n) is 10.3. The molecule has 0 atom stereocenters. The fourth-order valence-corrected chi connectivity index (χ4v) is 4.73. The van der Waals surface area contributed by atoms with Gasteiger partial charge in [0.05, 0.1) is 4.88 Å². The van der Waals surface area contributed by atoms with Crippen LogP contribution in [0.3, 0.4) is 0 Å². The molecule has 1 aromatic carbocycles. The van der Waals surface area contributed by atoms with E-state index in [4.69, 9.17) is 11.6 Å². The molecule has 0 saturated heterocycles. The summed E-state index contributed by atoms with van der Waals surface area (Å²) in [5.74, 6) is 2.43. The van der Waals surface area contributed by atoms with Gasteiger partial charge in [-0.05, 0) is 41.5 Å². The summed E-state index contributed by atoms with van der Waals surface area (Å²) in [6.45, 7) is 0. The number of hydrogen-bond acceptors (Lipinski definition) is 3. The third-order valence-corrected chi connectivity index (χ3v) is 5.68. The molecule has 98 valence electrons. The van der Waals surface area contributed by atoms with Crippen molar-refractivity contribution >= 4 is 40.5 Å². The summed E-state index contributed by atoms with van der Waals surface area (Å²) in [6, 6.07) is 9.62. The van der Waals surface area contributed by atoms with Crippen molar-refractivity contribution in [2.75, 3.05) is 5.75 Å². The van der Waals surface area contributed by atoms with E-state index in [1.165, 1.54) is 16.2 Å². The normalized spacial score (nSPS) is 14.2. The van der Waals surface area contributed by atoms with Crippen molar-refractivity contribution in [3.63, 3.8) is 0 Å². The van der Waals surface area contributed by atoms with Gasteiger partial charge >= 0.3 is 0 Å². The molecule has 1 nitrogen and oxygen atoms in total. The van der Waals surface area contributed by atoms with Crippen LogP contribution in [0.15, 0.2) is 30.3 Å². The molecular formula is C15H13ClOS2. The summed E-state index contributed by atoms with van der Waals surface area (Å²) in [4.78, 5) is 14.6. The van der Waals surface area contributed by atoms with E-state index in [0.29, 0.717) is 11.4 Å². The third kappa shape index (κ3) is 3.04. The first-order valence-electron chi connectivity index (χ1n) is 6.19. The quantitative estimate of drug-likeness (QED) is 0.770. The number of benzene rings is 1. The van der Waals surface area contributed by atoms with Gasteiger partial charge < -0.3 is 0 Å². The van der Waals surface area contributed by atoms with Crippen LogP contribution in [0.4, 0.5) is 0 Å². The first-order valence-corrected chi connectivity index (χ1v) is 8.54. The van der Waals surface area contributed by atoms with Gasteiger partial charge in [-0.15, -0.1) is 11.3 Å². The van der Waals surface area contributed by atoms with Crippen LogP contribution in [-0.2, 0) is 18.6 Å². The van der Waals surface area contributed by atoms with Crippen molar-refractivity contribution in [2.24, 2.45) is 0 Å². The third-order valence-electron chi connectivity index (χ3n) is 3.16. The molecule has 0 radical (unpaired) electrons. The molecule has 0 aliphatic carbocycles. The lowest BCUT2D eigenvalue weighted by Crippen LogP contribution is -2.00. The second-order valence-electron chi connectivity index (χ2n) is 4.59. The predicted octanol–water partition coefficient (Wildman–Crippen LogP) is 4.62. The molecular weight excluding hydrogens is 296 g/mol. The van der Waals surface area contributed by atoms with Gasteiger partial charge in [-0.1, -0.05) is 23.7 Å². The second-order valence-corrected chi connectivity index (χ2v) is 7.27. The van der Waals surface area contributed by atoms with Crippen molar-refractivity contribution in [3.8, 4) is 0 Å². The SMILES string of the molecule is O=C(Cc1cccc(Cl)c1)c1cc2c(s1)CCSC2. The Morgan fingerprint density at radius 2 is 2.21 bits per heavy atom. The van der Waals surface area contributed by atoms with Gasteiger partial charge in [0, 0.05) is 22.1 Å². The molecule has 4 heteroatoms. The highest BCUT2D eigenvalue weighted by Crippen LogP contribution is 2.32. The Balaban J connectivity index is 1.78. The number of fused-ring (bicyclic) bond motifs is 1. The van der Waals surface area contributed by atoms with Crippen molar-refractivity contribution in [3.05, 3.63) is 56.2 Å². The maximum absolute atomic E-state index is 12.3. The monoisotopic (exact) mass is 308 g/mol. The van der Waals surface area contributed by atoms with Crippen LogP contribution < -0.4 is 0 Å². The molecule has 1 aliphatic heterocycles. The molecule has 1 aliphatic rings. The topological polar surface area (TPSA) is 17.1 Å². The lowest BCUT2D eigenvalue weighted by atomic mass is 10.1. The van der Waals surface area contributed by atoms with Crippen LogP contribution in [0.5, 0.6) is 0 Å². The van der Waals surface area contributed by atoms with Crippen LogP contribution in [0.25, 0.3) is 0 Å². The molecule has 0 spiro atoms. The molecule has 0 bridgehead atoms. The minimum atomic E-state index is 0.201. The molecule has 3 rings (SSSR count). The summed E-state index contributed by atoms with van der Waals surface area (Å²) < 4.78 is 0. The molecule has 0 saturated carbocycles. The molecule has 0 amide bonds. The number of hydrogen-bond donors (Lipinski definition) is 0. The summed E-state index contributed by atoms with van der Waals surface area (Å²) in [5, 5.41) is 0.687. The van der Waals surface area contributed by atoms with Gasteiger partial charge in [0.25, 0.3) is 0 Å². The van der Waals surface area contributed by atoms with Gasteiger partial charge in [0.1, 0.15) is 0 Å². The number of carbonyl (C=O) groups is 1. The standard InChI is InChI=1S/C15H13ClOS2/c16-12-3-1-2-10(6-12)7-13(17)15-8-11-9-18-5-4-14(11)19-15/h1-3,6,8H,4-5,7,9H2. The van der Waals surface area contributed by atoms with Crippen molar-refractivity contribution < 1.29 is 4.79 Å². The van der Waals surface area contributed by atoms with Crippen LogP contribution >= 0.6 is 34.7 Å². The maximum Gasteiger partial charge on any atom is 0.177 e. The lowest BCUT2D eigenvalue weighted by molar-refractivity contribution is 0.0997. The minimum Gasteiger partial charge on any atom is -0.293 e. The van der Waals surface area contributed by atoms with E-state index in [9.17, 15) is 4.79 Å². The Labute approximate surface area is 126 Å². The fourth-order valence-electron chi connectivity index (χ4n) is 2.20. The van der Waals surface area contributed by atoms with Gasteiger partial charge in [-0.2, -0.15) is 11.8 Å². The fraction of sp³-hybridized carbons (Fsp3) is 0.267. The number of Topliss-reactive ketones (excluding diaryl/α,β-unsaturated/α-hetero) is 1. The molecule has 0 fully saturated rings. The van der Waals surface area contributed by atoms with E-state index in [-0.39, 0.29) is 5.78 Å². The molecule has 2 aromatic rings. The summed E-state index contributed by atoms with van der Waals surface area (Å²) in [5.41, 5.74) is 2.34. The van der Waals surface area contributed by atoms with E-state index < -0.39 is 0 Å². The summed E-state index contributed by atoms with van der Waals surface area (Å²) in [7, 11) is 0. The number of thiophene rings is 1. The molecule has 0 unspecified atom stereocenters. The average Bonchev–Trinajstić information content (AvgIpc) is 2.82. The zero-order valence-corrected chi connectivity index (χ0v) is 12.7. The Bertz CT molecular complexity index is 595. The van der Waals surface area contributed by atoms with Gasteiger partial charge in [0.2, 0.25) is 0 Å². The molecule has 0 N–H and O–H groups in total. The number of rotatable bonds is 3. The van der Waals surface area contributed by atoms with Crippen LogP contribution in [0.2, 0.25) is 5.02 Å². The van der Waals surface area contributed by atoms with Crippen molar-refractivity contribution in [1.29, 1.82) is 0 Å². The summed E-state index contributed by atoms with van der Waals surface area (Å²) >= 11 is 9.56. The summed E-state index contributed by atoms with van der Waals surface area (Å²) in [6.07, 6.45) is 1.54. The second kappa shape index (κ2) is 5.70. The Morgan fingerprint density at radius 3 is 3.00 bits per heavy atom. The van der Waals surface area contributed by atoms with E-state index in [0.717, 1.165) is 22.6 Å². The lowest BCUT2D eigenvalue weighted by Gasteiger charge is -2.08. The van der Waals surface area contributed by atoms with E-state index in [1.54, 1.807) is 11.3 Å². The van der Waals surface area contributed by atoms with Crippen molar-refractivity contribution in [2.45, 2.75) is 18.6 Å². The molecule has 2 heterocycles. The molecule has 19 heavy (non-hydrogen) atoms. The Hall–Kier alpha value is -0.770. The predicted molar refractivity (Wildman–Crippen MR) is 83.7 cm³/mol. The maximum atomic E-state index is 12.3. The Kier molecular flexibility index (Phi) is 3.96. The molecule has 1 aromatic heterocycles. The highest BCUT2D eigenvalue weighted by Gasteiger charge is 2.17. The highest BCUT2D eigenvalue weighted by atomic mass is 35.5. The van der Waals surface area contributed by atoms with Gasteiger partial charge in [0.15, 0.2) is 5.78 Å². The van der Waals surface area contributed by atoms with Gasteiger partial charge in [-0.3, -0.25) is 4.79 Å². The Morgan fingerprint density at radius 1 is 1.32 bits per heavy atom. The first kappa shape index (κ1) is 13.2.